The van der Waals surface area contributed by atoms with Crippen LogP contribution in [0.4, 0.5) is 8.78 Å². The third kappa shape index (κ3) is 3.78. The van der Waals surface area contributed by atoms with Crippen LogP contribution in [0.3, 0.4) is 0 Å². The van der Waals surface area contributed by atoms with Crippen molar-refractivity contribution in [1.29, 1.82) is 0 Å². The second-order valence-corrected chi connectivity index (χ2v) is 8.83. The Kier molecular flexibility index (Phi) is 5.38. The van der Waals surface area contributed by atoms with Gasteiger partial charge in [0.1, 0.15) is 0 Å². The fourth-order valence-corrected chi connectivity index (χ4v) is 4.96. The van der Waals surface area contributed by atoms with Gasteiger partial charge in [0.25, 0.3) is 5.92 Å². The van der Waals surface area contributed by atoms with Crippen LogP contribution in [0.15, 0.2) is 48.5 Å². The maximum absolute atomic E-state index is 15.1. The molecule has 2 heterocycles. The highest BCUT2D eigenvalue weighted by Crippen LogP contribution is 2.41. The summed E-state index contributed by atoms with van der Waals surface area (Å²) in [5.41, 5.74) is 7.29. The predicted octanol–water partition coefficient (Wildman–Crippen LogP) is 5.22. The molecule has 2 N–H and O–H groups in total. The summed E-state index contributed by atoms with van der Waals surface area (Å²) in [4.78, 5) is 14.6. The van der Waals surface area contributed by atoms with Crippen molar-refractivity contribution in [2.24, 2.45) is 11.7 Å². The number of nitrogens with two attached hydrogens (primary N) is 1. The predicted molar refractivity (Wildman–Crippen MR) is 111 cm³/mol. The number of amides is 1. The normalized spacial score (nSPS) is 25.1. The number of piperidine rings is 1. The molecule has 0 aromatic heterocycles. The molecule has 2 bridgehead atoms. The van der Waals surface area contributed by atoms with E-state index in [1.54, 1.807) is 29.2 Å². The van der Waals surface area contributed by atoms with Gasteiger partial charge < -0.3 is 10.6 Å². The highest BCUT2D eigenvalue weighted by Gasteiger charge is 2.50. The van der Waals surface area contributed by atoms with E-state index in [2.05, 4.69) is 6.92 Å². The van der Waals surface area contributed by atoms with Gasteiger partial charge in [-0.2, -0.15) is 8.78 Å². The van der Waals surface area contributed by atoms with Crippen LogP contribution in [0, 0.1) is 5.92 Å². The first kappa shape index (κ1) is 20.3. The van der Waals surface area contributed by atoms with Crippen molar-refractivity contribution in [3.05, 3.63) is 59.1 Å². The smallest absolute Gasteiger partial charge is 0.296 e. The number of hydrogen-bond donors (Lipinski definition) is 1. The average molecular weight is 419 g/mol. The zero-order valence-electron chi connectivity index (χ0n) is 16.3. The fourth-order valence-electron chi connectivity index (χ4n) is 4.83. The van der Waals surface area contributed by atoms with Crippen molar-refractivity contribution >= 4 is 17.5 Å². The van der Waals surface area contributed by atoms with Gasteiger partial charge in [-0.25, -0.2) is 0 Å². The Bertz CT molecular complexity index is 871. The average Bonchev–Trinajstić information content (AvgIpc) is 2.98. The summed E-state index contributed by atoms with van der Waals surface area (Å²) in [6, 6.07) is 11.3. The molecule has 154 valence electrons. The molecule has 3 unspecified atom stereocenters. The maximum atomic E-state index is 15.1. The van der Waals surface area contributed by atoms with Crippen molar-refractivity contribution in [3.63, 3.8) is 0 Å². The largest absolute Gasteiger partial charge is 0.335 e. The summed E-state index contributed by atoms with van der Waals surface area (Å²) in [7, 11) is 0. The summed E-state index contributed by atoms with van der Waals surface area (Å²) in [6.45, 7) is 2.16. The van der Waals surface area contributed by atoms with E-state index in [1.807, 2.05) is 12.1 Å². The molecule has 0 saturated carbocycles. The number of alkyl halides is 2. The maximum Gasteiger partial charge on any atom is 0.296 e. The first-order chi connectivity index (χ1) is 13.8. The minimum absolute atomic E-state index is 0.0466. The number of fused-ring (bicyclic) bond motifs is 2. The first-order valence-electron chi connectivity index (χ1n) is 10.1. The van der Waals surface area contributed by atoms with Crippen LogP contribution in [-0.2, 0) is 10.7 Å². The summed E-state index contributed by atoms with van der Waals surface area (Å²) in [5.74, 6) is -3.54. The van der Waals surface area contributed by atoms with Crippen LogP contribution in [0.25, 0.3) is 11.1 Å². The molecular formula is C23H25ClF2N2O. The minimum Gasteiger partial charge on any atom is -0.335 e. The molecule has 0 radical (unpaired) electrons. The Morgan fingerprint density at radius 2 is 1.52 bits per heavy atom. The Labute approximate surface area is 174 Å². The Morgan fingerprint density at radius 1 is 1.03 bits per heavy atom. The lowest BCUT2D eigenvalue weighted by atomic mass is 9.90. The van der Waals surface area contributed by atoms with Crippen molar-refractivity contribution in [2.45, 2.75) is 56.7 Å². The van der Waals surface area contributed by atoms with Crippen LogP contribution in [0.5, 0.6) is 0 Å². The monoisotopic (exact) mass is 418 g/mol. The van der Waals surface area contributed by atoms with E-state index in [0.717, 1.165) is 36.8 Å². The van der Waals surface area contributed by atoms with Crippen LogP contribution >= 0.6 is 11.6 Å². The van der Waals surface area contributed by atoms with E-state index in [1.165, 1.54) is 12.1 Å². The Morgan fingerprint density at radius 3 is 2.03 bits per heavy atom. The van der Waals surface area contributed by atoms with E-state index < -0.39 is 17.9 Å². The molecule has 3 nitrogen and oxygen atoms in total. The van der Waals surface area contributed by atoms with Gasteiger partial charge in [-0.1, -0.05) is 54.9 Å². The van der Waals surface area contributed by atoms with Crippen molar-refractivity contribution in [2.75, 3.05) is 0 Å². The van der Waals surface area contributed by atoms with Crippen LogP contribution < -0.4 is 5.73 Å². The number of benzene rings is 2. The number of carbonyl (C=O) groups excluding carboxylic acids is 1. The number of rotatable bonds is 4. The molecule has 2 aliphatic rings. The molecular weight excluding hydrogens is 394 g/mol. The number of hydrogen-bond acceptors (Lipinski definition) is 2. The molecule has 6 heteroatoms. The molecule has 0 spiro atoms. The van der Waals surface area contributed by atoms with Crippen molar-refractivity contribution < 1.29 is 13.6 Å². The van der Waals surface area contributed by atoms with Crippen LogP contribution in [0.1, 0.15) is 38.2 Å². The van der Waals surface area contributed by atoms with E-state index in [4.69, 9.17) is 17.3 Å². The fraction of sp³-hybridized carbons (Fsp3) is 0.435. The zero-order chi connectivity index (χ0) is 20.8. The molecule has 0 aliphatic carbocycles. The first-order valence-corrected chi connectivity index (χ1v) is 10.5. The van der Waals surface area contributed by atoms with Gasteiger partial charge in [-0.05, 0) is 54.9 Å². The molecule has 4 rings (SSSR count). The van der Waals surface area contributed by atoms with Gasteiger partial charge in [0.15, 0.2) is 6.04 Å². The van der Waals surface area contributed by atoms with Crippen LogP contribution in [0.2, 0.25) is 5.02 Å². The number of halogens is 3. The van der Waals surface area contributed by atoms with Crippen LogP contribution in [-0.4, -0.2) is 28.9 Å². The highest BCUT2D eigenvalue weighted by molar-refractivity contribution is 6.30. The molecule has 3 atom stereocenters. The number of nitrogens with zero attached hydrogens (tertiary/aromatic N) is 1. The van der Waals surface area contributed by atoms with Crippen molar-refractivity contribution in [1.82, 2.24) is 4.90 Å². The molecule has 1 amide bonds. The molecule has 2 aliphatic heterocycles. The third-order valence-electron chi connectivity index (χ3n) is 6.33. The standard InChI is InChI=1S/C23H25ClF2N2O/c1-14-12-19-10-11-20(13-14)28(19)22(29)21(27)23(25,26)17-6-2-15(3-7-17)16-4-8-18(24)9-5-16/h2-9,14,19-21H,10-13,27H2,1H3. The Balaban J connectivity index is 1.53. The van der Waals surface area contributed by atoms with Gasteiger partial charge in [0.05, 0.1) is 0 Å². The van der Waals surface area contributed by atoms with E-state index in [0.29, 0.717) is 10.9 Å². The zero-order valence-corrected chi connectivity index (χ0v) is 17.1. The second kappa shape index (κ2) is 7.69. The topological polar surface area (TPSA) is 46.3 Å². The summed E-state index contributed by atoms with van der Waals surface area (Å²) in [6.07, 6.45) is 3.51. The SMILES string of the molecule is CC1CC2CCC(C1)N2C(=O)C(N)C(F)(F)c1ccc(-c2ccc(Cl)cc2)cc1. The van der Waals surface area contributed by atoms with E-state index in [-0.39, 0.29) is 17.6 Å². The lowest BCUT2D eigenvalue weighted by Gasteiger charge is -2.40. The highest BCUT2D eigenvalue weighted by atomic mass is 35.5. The van der Waals surface area contributed by atoms with Gasteiger partial charge >= 0.3 is 0 Å². The molecule has 2 aromatic carbocycles. The Hall–Kier alpha value is -1.98. The lowest BCUT2D eigenvalue weighted by Crippen LogP contribution is -2.57. The van der Waals surface area contributed by atoms with Gasteiger partial charge in [-0.3, -0.25) is 4.79 Å². The van der Waals surface area contributed by atoms with Gasteiger partial charge in [0, 0.05) is 22.7 Å². The van der Waals surface area contributed by atoms with Crippen molar-refractivity contribution in [3.8, 4) is 11.1 Å². The second-order valence-electron chi connectivity index (χ2n) is 8.39. The quantitative estimate of drug-likeness (QED) is 0.740. The summed E-state index contributed by atoms with van der Waals surface area (Å²) < 4.78 is 30.2. The molecule has 2 fully saturated rings. The minimum atomic E-state index is -3.43. The van der Waals surface area contributed by atoms with Gasteiger partial charge in [0.2, 0.25) is 5.91 Å². The lowest BCUT2D eigenvalue weighted by molar-refractivity contribution is -0.148. The van der Waals surface area contributed by atoms with E-state index in [9.17, 15) is 4.79 Å². The van der Waals surface area contributed by atoms with Gasteiger partial charge in [-0.15, -0.1) is 0 Å². The summed E-state index contributed by atoms with van der Waals surface area (Å²) >= 11 is 5.90. The molecule has 2 saturated heterocycles. The summed E-state index contributed by atoms with van der Waals surface area (Å²) in [5, 5.41) is 0.613. The third-order valence-corrected chi connectivity index (χ3v) is 6.58. The molecule has 29 heavy (non-hydrogen) atoms. The number of carbonyl (C=O) groups is 1. The van der Waals surface area contributed by atoms with E-state index >= 15 is 8.78 Å². The molecule has 2 aromatic rings.